The molecule has 2 heterocycles. The Balaban J connectivity index is 1.59. The van der Waals surface area contributed by atoms with Gasteiger partial charge in [0.1, 0.15) is 11.6 Å². The van der Waals surface area contributed by atoms with Crippen molar-refractivity contribution in [3.05, 3.63) is 35.4 Å². The first-order chi connectivity index (χ1) is 12.7. The Labute approximate surface area is 153 Å². The third kappa shape index (κ3) is 4.15. The van der Waals surface area contributed by atoms with Crippen molar-refractivity contribution >= 4 is 5.91 Å². The summed E-state index contributed by atoms with van der Waals surface area (Å²) in [6.07, 6.45) is 5.24. The van der Waals surface area contributed by atoms with Crippen molar-refractivity contribution in [2.24, 2.45) is 0 Å². The number of nitrogens with one attached hydrogen (secondary N) is 1. The van der Waals surface area contributed by atoms with Crippen LogP contribution in [0.25, 0.3) is 0 Å². The third-order valence-corrected chi connectivity index (χ3v) is 4.55. The van der Waals surface area contributed by atoms with Crippen molar-refractivity contribution in [2.45, 2.75) is 45.6 Å². The molecule has 0 radical (unpaired) electrons. The lowest BCUT2D eigenvalue weighted by atomic mass is 10.2. The van der Waals surface area contributed by atoms with Gasteiger partial charge in [-0.2, -0.15) is 0 Å². The lowest BCUT2D eigenvalue weighted by molar-refractivity contribution is 0.0953. The molecule has 0 spiro atoms. The van der Waals surface area contributed by atoms with Crippen LogP contribution in [0.15, 0.2) is 18.2 Å². The van der Waals surface area contributed by atoms with Gasteiger partial charge >= 0.3 is 0 Å². The van der Waals surface area contributed by atoms with Gasteiger partial charge < -0.3 is 19.4 Å². The summed E-state index contributed by atoms with van der Waals surface area (Å²) in [5.41, 5.74) is 0.550. The van der Waals surface area contributed by atoms with E-state index in [9.17, 15) is 4.79 Å². The predicted octanol–water partition coefficient (Wildman–Crippen LogP) is 2.38. The summed E-state index contributed by atoms with van der Waals surface area (Å²) in [6, 6.07) is 5.19. The largest absolute Gasteiger partial charge is 0.493 e. The number of amides is 1. The molecule has 2 aromatic rings. The second kappa shape index (κ2) is 8.69. The van der Waals surface area contributed by atoms with Gasteiger partial charge in [-0.15, -0.1) is 10.2 Å². The van der Waals surface area contributed by atoms with Crippen LogP contribution < -0.4 is 14.8 Å². The summed E-state index contributed by atoms with van der Waals surface area (Å²) in [6.45, 7) is 3.90. The van der Waals surface area contributed by atoms with Gasteiger partial charge in [0.05, 0.1) is 13.7 Å². The average molecular weight is 358 g/mol. The highest BCUT2D eigenvalue weighted by atomic mass is 16.5. The van der Waals surface area contributed by atoms with Crippen LogP contribution in [-0.4, -0.2) is 40.9 Å². The second-order valence-corrected chi connectivity index (χ2v) is 6.30. The summed E-state index contributed by atoms with van der Waals surface area (Å²) in [7, 11) is 1.58. The van der Waals surface area contributed by atoms with E-state index in [1.54, 1.807) is 25.3 Å². The van der Waals surface area contributed by atoms with Crippen molar-refractivity contribution in [2.75, 3.05) is 20.3 Å². The molecule has 1 amide bonds. The molecule has 0 atom stereocenters. The van der Waals surface area contributed by atoms with Crippen molar-refractivity contribution < 1.29 is 14.3 Å². The number of carbonyl (C=O) groups excluding carboxylic acids is 1. The zero-order valence-electron chi connectivity index (χ0n) is 15.5. The number of hydrogen-bond acceptors (Lipinski definition) is 5. The molecular formula is C19H26N4O3. The fourth-order valence-electron chi connectivity index (χ4n) is 3.21. The zero-order valence-corrected chi connectivity index (χ0v) is 15.5. The van der Waals surface area contributed by atoms with Gasteiger partial charge in [0.25, 0.3) is 5.91 Å². The highest BCUT2D eigenvalue weighted by Crippen LogP contribution is 2.28. The topological polar surface area (TPSA) is 78.3 Å². The number of benzene rings is 1. The van der Waals surface area contributed by atoms with Crippen molar-refractivity contribution in [1.82, 2.24) is 20.1 Å². The van der Waals surface area contributed by atoms with Crippen molar-refractivity contribution in [3.8, 4) is 11.5 Å². The highest BCUT2D eigenvalue weighted by molar-refractivity contribution is 5.94. The van der Waals surface area contributed by atoms with Crippen LogP contribution in [0.4, 0.5) is 0 Å². The first-order valence-corrected chi connectivity index (χ1v) is 9.23. The highest BCUT2D eigenvalue weighted by Gasteiger charge is 2.15. The molecule has 0 fully saturated rings. The third-order valence-electron chi connectivity index (χ3n) is 4.55. The number of methoxy groups -OCH3 is 1. The van der Waals surface area contributed by atoms with Crippen LogP contribution in [0.2, 0.25) is 0 Å². The maximum atomic E-state index is 12.4. The lowest BCUT2D eigenvalue weighted by Gasteiger charge is -2.11. The van der Waals surface area contributed by atoms with Crippen molar-refractivity contribution in [3.63, 3.8) is 0 Å². The number of ether oxygens (including phenoxy) is 2. The number of nitrogens with zero attached hydrogens (tertiary/aromatic N) is 3. The summed E-state index contributed by atoms with van der Waals surface area (Å²) >= 11 is 0. The smallest absolute Gasteiger partial charge is 0.251 e. The van der Waals surface area contributed by atoms with Gasteiger partial charge in [-0.3, -0.25) is 4.79 Å². The maximum Gasteiger partial charge on any atom is 0.251 e. The van der Waals surface area contributed by atoms with E-state index in [1.165, 1.54) is 12.8 Å². The van der Waals surface area contributed by atoms with Crippen LogP contribution in [0.3, 0.4) is 0 Å². The quantitative estimate of drug-likeness (QED) is 0.822. The minimum atomic E-state index is -0.135. The summed E-state index contributed by atoms with van der Waals surface area (Å²) in [5, 5.41) is 11.5. The Bertz CT molecular complexity index is 757. The monoisotopic (exact) mass is 358 g/mol. The Morgan fingerprint density at radius 2 is 2.12 bits per heavy atom. The fraction of sp³-hybridized carbons (Fsp3) is 0.526. The molecule has 1 aliphatic rings. The van der Waals surface area contributed by atoms with Gasteiger partial charge in [-0.25, -0.2) is 0 Å². The summed E-state index contributed by atoms with van der Waals surface area (Å²) in [5.74, 6) is 3.08. The van der Waals surface area contributed by atoms with Gasteiger partial charge in [-0.1, -0.05) is 6.42 Å². The minimum absolute atomic E-state index is 0.135. The van der Waals surface area contributed by atoms with E-state index in [4.69, 9.17) is 9.47 Å². The van der Waals surface area contributed by atoms with Gasteiger partial charge in [-0.05, 0) is 38.0 Å². The van der Waals surface area contributed by atoms with E-state index in [1.807, 2.05) is 6.92 Å². The molecule has 0 aliphatic carbocycles. The van der Waals surface area contributed by atoms with E-state index in [2.05, 4.69) is 20.1 Å². The van der Waals surface area contributed by atoms with E-state index in [0.717, 1.165) is 31.0 Å². The van der Waals surface area contributed by atoms with Crippen LogP contribution in [-0.2, 0) is 19.4 Å². The molecule has 0 bridgehead atoms. The molecule has 7 heteroatoms. The maximum absolute atomic E-state index is 12.4. The average Bonchev–Trinajstić information content (AvgIpc) is 2.88. The lowest BCUT2D eigenvalue weighted by Crippen LogP contribution is -2.26. The van der Waals surface area contributed by atoms with E-state index in [-0.39, 0.29) is 5.91 Å². The van der Waals surface area contributed by atoms with E-state index >= 15 is 0 Å². The molecule has 3 rings (SSSR count). The fourth-order valence-corrected chi connectivity index (χ4v) is 3.21. The molecule has 140 valence electrons. The van der Waals surface area contributed by atoms with Crippen molar-refractivity contribution in [1.29, 1.82) is 0 Å². The number of carbonyl (C=O) groups is 1. The molecule has 1 aromatic heterocycles. The molecule has 1 N–H and O–H groups in total. The molecule has 0 unspecified atom stereocenters. The molecule has 1 aromatic carbocycles. The Kier molecular flexibility index (Phi) is 6.09. The van der Waals surface area contributed by atoms with E-state index in [0.29, 0.717) is 36.6 Å². The SMILES string of the molecule is CCOc1cc(C(=O)NCCc2nnc3n2CCCCC3)ccc1OC. The zero-order chi connectivity index (χ0) is 18.4. The molecule has 26 heavy (non-hydrogen) atoms. The number of aryl methyl sites for hydroxylation is 1. The first kappa shape index (κ1) is 18.2. The molecule has 0 saturated heterocycles. The number of fused-ring (bicyclic) bond motifs is 1. The van der Waals surface area contributed by atoms with Crippen LogP contribution in [0, 0.1) is 0 Å². The Morgan fingerprint density at radius 3 is 2.92 bits per heavy atom. The first-order valence-electron chi connectivity index (χ1n) is 9.23. The molecular weight excluding hydrogens is 332 g/mol. The minimum Gasteiger partial charge on any atom is -0.493 e. The molecule has 0 saturated carbocycles. The Morgan fingerprint density at radius 1 is 1.23 bits per heavy atom. The van der Waals surface area contributed by atoms with Gasteiger partial charge in [0.2, 0.25) is 0 Å². The molecule has 1 aliphatic heterocycles. The summed E-state index contributed by atoms with van der Waals surface area (Å²) in [4.78, 5) is 12.4. The predicted molar refractivity (Wildman–Crippen MR) is 97.8 cm³/mol. The standard InChI is InChI=1S/C19H26N4O3/c1-3-26-16-13-14(8-9-15(16)25-2)19(24)20-11-10-18-22-21-17-7-5-4-6-12-23(17)18/h8-9,13H,3-7,10-12H2,1-2H3,(H,20,24). The number of rotatable bonds is 7. The van der Waals surface area contributed by atoms with Crippen LogP contribution in [0.5, 0.6) is 11.5 Å². The van der Waals surface area contributed by atoms with E-state index < -0.39 is 0 Å². The molecule has 7 nitrogen and oxygen atoms in total. The van der Waals surface area contributed by atoms with Crippen LogP contribution >= 0.6 is 0 Å². The normalized spacial score (nSPS) is 13.6. The second-order valence-electron chi connectivity index (χ2n) is 6.30. The Hall–Kier alpha value is -2.57. The number of aromatic nitrogens is 3. The van der Waals surface area contributed by atoms with Gasteiger partial charge in [0, 0.05) is 31.5 Å². The van der Waals surface area contributed by atoms with Gasteiger partial charge in [0.15, 0.2) is 11.5 Å². The van der Waals surface area contributed by atoms with Crippen LogP contribution in [0.1, 0.15) is 48.2 Å². The summed E-state index contributed by atoms with van der Waals surface area (Å²) < 4.78 is 13.0. The number of hydrogen-bond donors (Lipinski definition) is 1.